The largest absolute Gasteiger partial charge is 0.497 e. The molecule has 26 heavy (non-hydrogen) atoms. The summed E-state index contributed by atoms with van der Waals surface area (Å²) in [6.07, 6.45) is 0. The van der Waals surface area contributed by atoms with Gasteiger partial charge in [-0.1, -0.05) is 12.1 Å². The molecule has 6 nitrogen and oxygen atoms in total. The zero-order valence-electron chi connectivity index (χ0n) is 15.9. The molecule has 0 spiro atoms. The van der Waals surface area contributed by atoms with Crippen LogP contribution in [0.4, 0.5) is 0 Å². The Balaban J connectivity index is 2.59. The summed E-state index contributed by atoms with van der Waals surface area (Å²) in [4.78, 5) is 29.7. The molecule has 0 radical (unpaired) electrons. The Morgan fingerprint density at radius 1 is 1.04 bits per heavy atom. The number of hydrogen-bond acceptors (Lipinski definition) is 6. The number of hydrogen-bond donors (Lipinski definition) is 0. The number of allylic oxidation sites excluding steroid dienone is 1. The molecule has 2 rings (SSSR count). The van der Waals surface area contributed by atoms with Crippen LogP contribution in [0.2, 0.25) is 0 Å². The van der Waals surface area contributed by atoms with Crippen LogP contribution in [0, 0.1) is 5.92 Å². The third kappa shape index (κ3) is 3.95. The van der Waals surface area contributed by atoms with E-state index in [4.69, 9.17) is 14.2 Å². The van der Waals surface area contributed by atoms with Crippen molar-refractivity contribution in [2.24, 2.45) is 10.9 Å². The van der Waals surface area contributed by atoms with Crippen molar-refractivity contribution in [2.75, 3.05) is 20.3 Å². The molecular formula is C20H25NO5. The molecule has 0 aromatic heterocycles. The van der Waals surface area contributed by atoms with Crippen molar-refractivity contribution >= 4 is 17.7 Å². The molecule has 0 N–H and O–H groups in total. The molecule has 0 fully saturated rings. The number of ether oxygens (including phenoxy) is 3. The van der Waals surface area contributed by atoms with Crippen LogP contribution in [-0.2, 0) is 19.1 Å². The first-order valence-electron chi connectivity index (χ1n) is 8.68. The second-order valence-electron chi connectivity index (χ2n) is 5.95. The van der Waals surface area contributed by atoms with Gasteiger partial charge in [0.15, 0.2) is 0 Å². The Morgan fingerprint density at radius 2 is 1.65 bits per heavy atom. The first-order chi connectivity index (χ1) is 12.4. The molecule has 0 bridgehead atoms. The van der Waals surface area contributed by atoms with Crippen LogP contribution in [-0.4, -0.2) is 38.0 Å². The molecule has 1 aromatic carbocycles. The van der Waals surface area contributed by atoms with Crippen molar-refractivity contribution in [1.29, 1.82) is 0 Å². The minimum Gasteiger partial charge on any atom is -0.497 e. The van der Waals surface area contributed by atoms with Crippen molar-refractivity contribution in [3.8, 4) is 5.75 Å². The lowest BCUT2D eigenvalue weighted by molar-refractivity contribution is -0.146. The van der Waals surface area contributed by atoms with Crippen LogP contribution >= 0.6 is 0 Å². The smallest absolute Gasteiger partial charge is 0.336 e. The summed E-state index contributed by atoms with van der Waals surface area (Å²) >= 11 is 0. The van der Waals surface area contributed by atoms with Crippen molar-refractivity contribution in [2.45, 2.75) is 33.6 Å². The molecule has 2 atom stereocenters. The number of carbonyl (C=O) groups excluding carboxylic acids is 2. The highest BCUT2D eigenvalue weighted by molar-refractivity contribution is 6.07. The highest BCUT2D eigenvalue weighted by atomic mass is 16.5. The molecule has 0 saturated heterocycles. The first-order valence-corrected chi connectivity index (χ1v) is 8.68. The van der Waals surface area contributed by atoms with Gasteiger partial charge in [0.1, 0.15) is 11.7 Å². The Bertz CT molecular complexity index is 733. The molecule has 1 aliphatic rings. The van der Waals surface area contributed by atoms with Gasteiger partial charge >= 0.3 is 11.9 Å². The number of nitrogens with zero attached hydrogens (tertiary/aromatic N) is 1. The minimum absolute atomic E-state index is 0.248. The van der Waals surface area contributed by atoms with Crippen LogP contribution in [0.3, 0.4) is 0 Å². The average molecular weight is 359 g/mol. The van der Waals surface area contributed by atoms with Gasteiger partial charge in [0, 0.05) is 17.3 Å². The monoisotopic (exact) mass is 359 g/mol. The van der Waals surface area contributed by atoms with Crippen molar-refractivity contribution in [1.82, 2.24) is 0 Å². The zero-order chi connectivity index (χ0) is 19.3. The quantitative estimate of drug-likeness (QED) is 0.729. The Hall–Kier alpha value is -2.63. The molecule has 1 aliphatic heterocycles. The van der Waals surface area contributed by atoms with Gasteiger partial charge in [0.05, 0.1) is 25.9 Å². The molecule has 0 amide bonds. The van der Waals surface area contributed by atoms with Gasteiger partial charge in [-0.3, -0.25) is 9.79 Å². The van der Waals surface area contributed by atoms with E-state index in [1.165, 1.54) is 0 Å². The summed E-state index contributed by atoms with van der Waals surface area (Å²) in [5.74, 6) is -1.36. The molecule has 1 aromatic rings. The number of benzene rings is 1. The normalized spacial score (nSPS) is 19.7. The van der Waals surface area contributed by atoms with Gasteiger partial charge in [-0.15, -0.1) is 0 Å². The summed E-state index contributed by atoms with van der Waals surface area (Å²) in [6.45, 7) is 7.55. The summed E-state index contributed by atoms with van der Waals surface area (Å²) in [7, 11) is 1.59. The van der Waals surface area contributed by atoms with Crippen LogP contribution in [0.1, 0.15) is 39.2 Å². The Labute approximate surface area is 153 Å². The van der Waals surface area contributed by atoms with Gasteiger partial charge in [-0.25, -0.2) is 4.79 Å². The highest BCUT2D eigenvalue weighted by Gasteiger charge is 2.42. The number of methoxy groups -OCH3 is 1. The van der Waals surface area contributed by atoms with Crippen molar-refractivity contribution in [3.63, 3.8) is 0 Å². The van der Waals surface area contributed by atoms with Crippen molar-refractivity contribution in [3.05, 3.63) is 41.1 Å². The molecule has 140 valence electrons. The maximum absolute atomic E-state index is 12.6. The van der Waals surface area contributed by atoms with E-state index in [0.29, 0.717) is 22.7 Å². The topological polar surface area (TPSA) is 74.2 Å². The Kier molecular flexibility index (Phi) is 6.55. The molecule has 1 heterocycles. The molecular weight excluding hydrogens is 334 g/mol. The van der Waals surface area contributed by atoms with Gasteiger partial charge in [0.25, 0.3) is 0 Å². The van der Waals surface area contributed by atoms with E-state index in [-0.39, 0.29) is 13.2 Å². The summed E-state index contributed by atoms with van der Waals surface area (Å²) < 4.78 is 15.7. The van der Waals surface area contributed by atoms with Gasteiger partial charge < -0.3 is 14.2 Å². The van der Waals surface area contributed by atoms with Gasteiger partial charge in [0.2, 0.25) is 0 Å². The fourth-order valence-electron chi connectivity index (χ4n) is 3.22. The lowest BCUT2D eigenvalue weighted by atomic mass is 9.75. The predicted molar refractivity (Wildman–Crippen MR) is 98.3 cm³/mol. The van der Waals surface area contributed by atoms with Crippen LogP contribution < -0.4 is 4.74 Å². The lowest BCUT2D eigenvalue weighted by Gasteiger charge is -2.31. The second kappa shape index (κ2) is 8.65. The summed E-state index contributed by atoms with van der Waals surface area (Å²) in [5, 5.41) is 0. The average Bonchev–Trinajstić information content (AvgIpc) is 2.61. The van der Waals surface area contributed by atoms with Crippen LogP contribution in [0.15, 0.2) is 40.5 Å². The maximum atomic E-state index is 12.6. The maximum Gasteiger partial charge on any atom is 0.336 e. The van der Waals surface area contributed by atoms with Gasteiger partial charge in [-0.2, -0.15) is 0 Å². The fourth-order valence-corrected chi connectivity index (χ4v) is 3.22. The number of aliphatic imine (C=N–C) groups is 1. The number of rotatable bonds is 6. The fraction of sp³-hybridized carbons (Fsp3) is 0.450. The van der Waals surface area contributed by atoms with Gasteiger partial charge in [-0.05, 0) is 45.4 Å². The third-order valence-corrected chi connectivity index (χ3v) is 4.34. The molecule has 0 saturated carbocycles. The van der Waals surface area contributed by atoms with E-state index in [0.717, 1.165) is 5.56 Å². The van der Waals surface area contributed by atoms with E-state index < -0.39 is 23.8 Å². The second-order valence-corrected chi connectivity index (χ2v) is 5.95. The SMILES string of the molecule is CCOC(=O)C1=C(C)N=C(C)C(C(=O)OCC)[C@H]1c1ccc(OC)cc1. The number of esters is 2. The van der Waals surface area contributed by atoms with E-state index in [1.807, 2.05) is 12.1 Å². The zero-order valence-corrected chi connectivity index (χ0v) is 15.9. The van der Waals surface area contributed by atoms with Crippen molar-refractivity contribution < 1.29 is 23.8 Å². The van der Waals surface area contributed by atoms with Crippen LogP contribution in [0.25, 0.3) is 0 Å². The van der Waals surface area contributed by atoms with Crippen LogP contribution in [0.5, 0.6) is 5.75 Å². The lowest BCUT2D eigenvalue weighted by Crippen LogP contribution is -2.36. The third-order valence-electron chi connectivity index (χ3n) is 4.34. The minimum atomic E-state index is -0.675. The Morgan fingerprint density at radius 3 is 2.19 bits per heavy atom. The first kappa shape index (κ1) is 19.7. The highest BCUT2D eigenvalue weighted by Crippen LogP contribution is 2.40. The molecule has 0 aliphatic carbocycles. The predicted octanol–water partition coefficient (Wildman–Crippen LogP) is 3.27. The van der Waals surface area contributed by atoms with E-state index >= 15 is 0 Å². The standard InChI is InChI=1S/C20H25NO5/c1-6-25-19(22)16-12(3)21-13(4)17(20(23)26-7-2)18(16)14-8-10-15(24-5)11-9-14/h8-11,16,18H,6-7H2,1-5H3/t16?,18-/m1/s1. The summed E-state index contributed by atoms with van der Waals surface area (Å²) in [5.41, 5.74) is 2.37. The van der Waals surface area contributed by atoms with E-state index in [1.54, 1.807) is 46.9 Å². The number of carbonyl (C=O) groups is 2. The molecule has 6 heteroatoms. The summed E-state index contributed by atoms with van der Waals surface area (Å²) in [6, 6.07) is 7.30. The molecule has 1 unspecified atom stereocenters. The van der Waals surface area contributed by atoms with E-state index in [2.05, 4.69) is 4.99 Å². The van der Waals surface area contributed by atoms with E-state index in [9.17, 15) is 9.59 Å².